The van der Waals surface area contributed by atoms with E-state index in [9.17, 15) is 4.79 Å². The third-order valence-electron chi connectivity index (χ3n) is 3.58. The lowest BCUT2D eigenvalue weighted by Crippen LogP contribution is -2.48. The van der Waals surface area contributed by atoms with E-state index in [0.29, 0.717) is 18.8 Å². The predicted octanol–water partition coefficient (Wildman–Crippen LogP) is 1.76. The SMILES string of the molecule is COc1ccccc1C1CNCCN1C(=O)c1cnsn1.Cl. The number of benzene rings is 1. The summed E-state index contributed by atoms with van der Waals surface area (Å²) in [5.41, 5.74) is 1.41. The Kier molecular flexibility index (Phi) is 5.70. The average molecular weight is 341 g/mol. The number of nitrogens with one attached hydrogen (secondary N) is 1. The van der Waals surface area contributed by atoms with Crippen LogP contribution in [0.15, 0.2) is 30.5 Å². The first kappa shape index (κ1) is 16.7. The highest BCUT2D eigenvalue weighted by Crippen LogP contribution is 2.30. The van der Waals surface area contributed by atoms with Crippen molar-refractivity contribution < 1.29 is 9.53 Å². The fourth-order valence-electron chi connectivity index (χ4n) is 2.57. The van der Waals surface area contributed by atoms with Crippen LogP contribution in [0.5, 0.6) is 5.75 Å². The van der Waals surface area contributed by atoms with Crippen LogP contribution >= 0.6 is 24.1 Å². The number of ether oxygens (including phenoxy) is 1. The highest BCUT2D eigenvalue weighted by molar-refractivity contribution is 6.99. The molecule has 1 aliphatic rings. The summed E-state index contributed by atoms with van der Waals surface area (Å²) in [6.07, 6.45) is 1.52. The first-order valence-corrected chi connectivity index (χ1v) is 7.46. The van der Waals surface area contributed by atoms with Gasteiger partial charge in [-0.15, -0.1) is 12.4 Å². The van der Waals surface area contributed by atoms with Gasteiger partial charge in [0.05, 0.1) is 31.1 Å². The number of rotatable bonds is 3. The maximum atomic E-state index is 12.6. The largest absolute Gasteiger partial charge is 0.496 e. The van der Waals surface area contributed by atoms with Crippen molar-refractivity contribution in [2.24, 2.45) is 0 Å². The summed E-state index contributed by atoms with van der Waals surface area (Å²) in [6, 6.07) is 7.73. The lowest BCUT2D eigenvalue weighted by atomic mass is 10.0. The molecule has 0 radical (unpaired) electrons. The molecule has 1 fully saturated rings. The molecule has 0 aliphatic carbocycles. The molecule has 1 aliphatic heterocycles. The van der Waals surface area contributed by atoms with Gasteiger partial charge < -0.3 is 15.0 Å². The molecular formula is C14H17ClN4O2S. The highest BCUT2D eigenvalue weighted by atomic mass is 35.5. The Morgan fingerprint density at radius 2 is 2.27 bits per heavy atom. The number of piperazine rings is 1. The van der Waals surface area contributed by atoms with Crippen LogP contribution in [-0.4, -0.2) is 46.3 Å². The van der Waals surface area contributed by atoms with Crippen molar-refractivity contribution in [3.63, 3.8) is 0 Å². The third-order valence-corrected chi connectivity index (χ3v) is 4.06. The average Bonchev–Trinajstić information content (AvgIpc) is 3.08. The van der Waals surface area contributed by atoms with Gasteiger partial charge in [0.2, 0.25) is 0 Å². The van der Waals surface area contributed by atoms with E-state index >= 15 is 0 Å². The van der Waals surface area contributed by atoms with E-state index in [0.717, 1.165) is 29.6 Å². The lowest BCUT2D eigenvalue weighted by Gasteiger charge is -2.36. The van der Waals surface area contributed by atoms with Crippen LogP contribution in [0.25, 0.3) is 0 Å². The number of methoxy groups -OCH3 is 1. The summed E-state index contributed by atoms with van der Waals surface area (Å²) in [6.45, 7) is 2.11. The first-order chi connectivity index (χ1) is 10.3. The number of hydrogen-bond donors (Lipinski definition) is 1. The second kappa shape index (κ2) is 7.53. The summed E-state index contributed by atoms with van der Waals surface area (Å²) >= 11 is 1.05. The molecule has 3 rings (SSSR count). The van der Waals surface area contributed by atoms with Gasteiger partial charge in [-0.05, 0) is 6.07 Å². The summed E-state index contributed by atoms with van der Waals surface area (Å²) in [7, 11) is 1.64. The van der Waals surface area contributed by atoms with E-state index in [2.05, 4.69) is 14.1 Å². The number of hydrogen-bond acceptors (Lipinski definition) is 6. The minimum Gasteiger partial charge on any atom is -0.496 e. The molecule has 6 nitrogen and oxygen atoms in total. The standard InChI is InChI=1S/C14H16N4O2S.ClH/c1-20-13-5-3-2-4-10(13)12-9-15-6-7-18(12)14(19)11-8-16-21-17-11;/h2-5,8,12,15H,6-7,9H2,1H3;1H. The Labute approximate surface area is 139 Å². The minimum atomic E-state index is -0.0823. The van der Waals surface area contributed by atoms with Crippen LogP contribution < -0.4 is 10.1 Å². The van der Waals surface area contributed by atoms with E-state index in [-0.39, 0.29) is 24.4 Å². The molecule has 2 heterocycles. The molecule has 0 bridgehead atoms. The topological polar surface area (TPSA) is 67.3 Å². The molecule has 0 saturated carbocycles. The number of para-hydroxylation sites is 1. The second-order valence-corrected chi connectivity index (χ2v) is 5.31. The van der Waals surface area contributed by atoms with Crippen molar-refractivity contribution >= 4 is 30.0 Å². The maximum Gasteiger partial charge on any atom is 0.275 e. The van der Waals surface area contributed by atoms with Gasteiger partial charge in [-0.3, -0.25) is 4.79 Å². The summed E-state index contributed by atoms with van der Waals surface area (Å²) in [5, 5.41) is 3.33. The Balaban J connectivity index is 0.00000176. The number of amides is 1. The van der Waals surface area contributed by atoms with Gasteiger partial charge >= 0.3 is 0 Å². The van der Waals surface area contributed by atoms with Crippen LogP contribution in [0.2, 0.25) is 0 Å². The number of aromatic nitrogens is 2. The summed E-state index contributed by atoms with van der Waals surface area (Å²) in [4.78, 5) is 14.4. The van der Waals surface area contributed by atoms with E-state index in [1.807, 2.05) is 29.2 Å². The lowest BCUT2D eigenvalue weighted by molar-refractivity contribution is 0.0626. The van der Waals surface area contributed by atoms with Gasteiger partial charge in [-0.2, -0.15) is 8.75 Å². The molecule has 1 N–H and O–H groups in total. The molecule has 1 amide bonds. The molecule has 1 atom stereocenters. The van der Waals surface area contributed by atoms with Crippen LogP contribution in [0.4, 0.5) is 0 Å². The molecule has 118 valence electrons. The number of carbonyl (C=O) groups excluding carboxylic acids is 1. The monoisotopic (exact) mass is 340 g/mol. The van der Waals surface area contributed by atoms with Crippen molar-refractivity contribution in [1.29, 1.82) is 0 Å². The Bertz CT molecular complexity index is 623. The van der Waals surface area contributed by atoms with E-state index < -0.39 is 0 Å². The molecule has 0 spiro atoms. The molecule has 22 heavy (non-hydrogen) atoms. The summed E-state index contributed by atoms with van der Waals surface area (Å²) < 4.78 is 13.4. The van der Waals surface area contributed by atoms with Gasteiger partial charge in [-0.1, -0.05) is 18.2 Å². The number of carbonyl (C=O) groups is 1. The zero-order valence-electron chi connectivity index (χ0n) is 12.1. The smallest absolute Gasteiger partial charge is 0.275 e. The quantitative estimate of drug-likeness (QED) is 0.922. The van der Waals surface area contributed by atoms with Gasteiger partial charge in [0.1, 0.15) is 5.75 Å². The molecule has 1 unspecified atom stereocenters. The highest BCUT2D eigenvalue weighted by Gasteiger charge is 2.31. The Hall–Kier alpha value is -1.70. The molecule has 1 aromatic carbocycles. The zero-order valence-corrected chi connectivity index (χ0v) is 13.7. The number of nitrogens with zero attached hydrogens (tertiary/aromatic N) is 3. The Morgan fingerprint density at radius 1 is 1.45 bits per heavy atom. The van der Waals surface area contributed by atoms with E-state index in [1.165, 1.54) is 6.20 Å². The normalized spacial score (nSPS) is 17.7. The van der Waals surface area contributed by atoms with Gasteiger partial charge in [0, 0.05) is 25.2 Å². The van der Waals surface area contributed by atoms with Crippen molar-refractivity contribution in [3.8, 4) is 5.75 Å². The minimum absolute atomic E-state index is 0. The molecule has 1 aromatic heterocycles. The van der Waals surface area contributed by atoms with Crippen molar-refractivity contribution in [2.75, 3.05) is 26.7 Å². The molecule has 8 heteroatoms. The van der Waals surface area contributed by atoms with E-state index in [1.54, 1.807) is 7.11 Å². The molecular weight excluding hydrogens is 324 g/mol. The predicted molar refractivity (Wildman–Crippen MR) is 86.8 cm³/mol. The number of halogens is 1. The van der Waals surface area contributed by atoms with Crippen LogP contribution in [0.3, 0.4) is 0 Å². The first-order valence-electron chi connectivity index (χ1n) is 6.73. The zero-order chi connectivity index (χ0) is 14.7. The van der Waals surface area contributed by atoms with Gasteiger partial charge in [-0.25, -0.2) is 0 Å². The van der Waals surface area contributed by atoms with Crippen molar-refractivity contribution in [2.45, 2.75) is 6.04 Å². The fourth-order valence-corrected chi connectivity index (χ4v) is 2.98. The van der Waals surface area contributed by atoms with Crippen LogP contribution in [0, 0.1) is 0 Å². The maximum absolute atomic E-state index is 12.6. The third kappa shape index (κ3) is 3.21. The van der Waals surface area contributed by atoms with Gasteiger partial charge in [0.15, 0.2) is 5.69 Å². The van der Waals surface area contributed by atoms with Crippen molar-refractivity contribution in [1.82, 2.24) is 19.0 Å². The van der Waals surface area contributed by atoms with E-state index in [4.69, 9.17) is 4.74 Å². The Morgan fingerprint density at radius 3 is 3.00 bits per heavy atom. The van der Waals surface area contributed by atoms with Gasteiger partial charge in [0.25, 0.3) is 5.91 Å². The fraction of sp³-hybridized carbons (Fsp3) is 0.357. The molecule has 2 aromatic rings. The summed E-state index contributed by atoms with van der Waals surface area (Å²) in [5.74, 6) is 0.710. The van der Waals surface area contributed by atoms with Crippen LogP contribution in [-0.2, 0) is 0 Å². The second-order valence-electron chi connectivity index (χ2n) is 4.75. The molecule has 1 saturated heterocycles. The van der Waals surface area contributed by atoms with Crippen molar-refractivity contribution in [3.05, 3.63) is 41.7 Å². The van der Waals surface area contributed by atoms with Crippen LogP contribution in [0.1, 0.15) is 22.1 Å².